The predicted octanol–water partition coefficient (Wildman–Crippen LogP) is 5.09. The molecule has 0 spiro atoms. The molecule has 3 rings (SSSR count). The molecule has 4 nitrogen and oxygen atoms in total. The van der Waals surface area contributed by atoms with E-state index in [1.807, 2.05) is 66.7 Å². The summed E-state index contributed by atoms with van der Waals surface area (Å²) >= 11 is 0. The molecule has 0 aliphatic rings. The Morgan fingerprint density at radius 1 is 0.926 bits per heavy atom. The molecule has 4 heteroatoms. The largest absolute Gasteiger partial charge is 0.496 e. The Kier molecular flexibility index (Phi) is 5.77. The number of hydrogen-bond acceptors (Lipinski definition) is 4. The van der Waals surface area contributed by atoms with E-state index in [4.69, 9.17) is 14.2 Å². The van der Waals surface area contributed by atoms with Crippen LogP contribution in [0.3, 0.4) is 0 Å². The smallest absolute Gasteiger partial charge is 0.333 e. The fourth-order valence-corrected chi connectivity index (χ4v) is 2.81. The second kappa shape index (κ2) is 8.41. The van der Waals surface area contributed by atoms with E-state index in [1.165, 1.54) is 0 Å². The minimum atomic E-state index is -0.531. The monoisotopic (exact) mass is 362 g/mol. The Hall–Kier alpha value is -3.27. The van der Waals surface area contributed by atoms with Gasteiger partial charge in [0.05, 0.1) is 7.11 Å². The Labute approximate surface area is 159 Å². The van der Waals surface area contributed by atoms with Crippen molar-refractivity contribution in [1.29, 1.82) is 0 Å². The van der Waals surface area contributed by atoms with E-state index in [0.717, 1.165) is 22.1 Å². The lowest BCUT2D eigenvalue weighted by Crippen LogP contribution is -2.18. The maximum Gasteiger partial charge on any atom is 0.333 e. The molecule has 0 heterocycles. The summed E-state index contributed by atoms with van der Waals surface area (Å²) in [6.45, 7) is 5.47. The number of fused-ring (bicyclic) bond motifs is 1. The van der Waals surface area contributed by atoms with Crippen LogP contribution >= 0.6 is 0 Å². The van der Waals surface area contributed by atoms with Crippen LogP contribution in [0.15, 0.2) is 78.9 Å². The molecule has 0 aliphatic carbocycles. The minimum Gasteiger partial charge on any atom is -0.496 e. The Balaban J connectivity index is 1.86. The highest BCUT2D eigenvalue weighted by atomic mass is 16.6. The van der Waals surface area contributed by atoms with Crippen molar-refractivity contribution in [3.8, 4) is 11.5 Å². The van der Waals surface area contributed by atoms with Crippen molar-refractivity contribution in [2.24, 2.45) is 0 Å². The van der Waals surface area contributed by atoms with Crippen LogP contribution < -0.4 is 9.47 Å². The average molecular weight is 362 g/mol. The molecular weight excluding hydrogens is 340 g/mol. The number of carbonyl (C=O) groups is 1. The van der Waals surface area contributed by atoms with Gasteiger partial charge in [0, 0.05) is 16.3 Å². The van der Waals surface area contributed by atoms with Gasteiger partial charge >= 0.3 is 5.97 Å². The molecule has 27 heavy (non-hydrogen) atoms. The summed E-state index contributed by atoms with van der Waals surface area (Å²) in [6, 6.07) is 21.1. The molecule has 3 aromatic carbocycles. The van der Waals surface area contributed by atoms with E-state index < -0.39 is 12.1 Å². The lowest BCUT2D eigenvalue weighted by atomic mass is 10.1. The van der Waals surface area contributed by atoms with Crippen molar-refractivity contribution in [2.45, 2.75) is 13.0 Å². The molecule has 0 amide bonds. The molecule has 3 aromatic rings. The summed E-state index contributed by atoms with van der Waals surface area (Å²) in [5.41, 5.74) is 1.22. The van der Waals surface area contributed by atoms with Gasteiger partial charge in [0.15, 0.2) is 6.10 Å². The number of hydrogen-bond donors (Lipinski definition) is 0. The molecule has 1 unspecified atom stereocenters. The normalized spacial score (nSPS) is 11.6. The number of esters is 1. The summed E-state index contributed by atoms with van der Waals surface area (Å²) in [6.07, 6.45) is -0.531. The average Bonchev–Trinajstić information content (AvgIpc) is 2.71. The number of rotatable bonds is 7. The summed E-state index contributed by atoms with van der Waals surface area (Å²) in [7, 11) is 1.64. The van der Waals surface area contributed by atoms with Crippen LogP contribution in [-0.4, -0.2) is 19.7 Å². The fraction of sp³-hybridized carbons (Fsp3) is 0.174. The first-order chi connectivity index (χ1) is 13.1. The molecule has 0 aromatic heterocycles. The Morgan fingerprint density at radius 2 is 1.52 bits per heavy atom. The van der Waals surface area contributed by atoms with E-state index >= 15 is 0 Å². The SMILES string of the molecule is C=C(C)C(=O)OC(COc1ccc(OC)c2ccccc12)c1ccccc1. The molecule has 0 bridgehead atoms. The standard InChI is InChI=1S/C23H22O4/c1-16(2)23(24)27-22(17-9-5-4-6-10-17)15-26-21-14-13-20(25-3)18-11-7-8-12-19(18)21/h4-14,22H,1,15H2,2-3H3. The van der Waals surface area contributed by atoms with E-state index in [-0.39, 0.29) is 6.61 Å². The zero-order valence-corrected chi connectivity index (χ0v) is 15.5. The number of methoxy groups -OCH3 is 1. The highest BCUT2D eigenvalue weighted by molar-refractivity contribution is 5.93. The first kappa shape index (κ1) is 18.5. The highest BCUT2D eigenvalue weighted by Gasteiger charge is 2.19. The van der Waals surface area contributed by atoms with Crippen molar-refractivity contribution in [3.63, 3.8) is 0 Å². The van der Waals surface area contributed by atoms with Gasteiger partial charge in [0.1, 0.15) is 18.1 Å². The van der Waals surface area contributed by atoms with Crippen LogP contribution in [0.4, 0.5) is 0 Å². The topological polar surface area (TPSA) is 44.8 Å². The first-order valence-electron chi connectivity index (χ1n) is 8.70. The maximum atomic E-state index is 12.0. The van der Waals surface area contributed by atoms with Crippen LogP contribution in [-0.2, 0) is 9.53 Å². The Bertz CT molecular complexity index is 947. The second-order valence-corrected chi connectivity index (χ2v) is 6.21. The van der Waals surface area contributed by atoms with Gasteiger partial charge in [0.2, 0.25) is 0 Å². The quantitative estimate of drug-likeness (QED) is 0.434. The Morgan fingerprint density at radius 3 is 2.15 bits per heavy atom. The second-order valence-electron chi connectivity index (χ2n) is 6.21. The maximum absolute atomic E-state index is 12.0. The molecule has 0 radical (unpaired) electrons. The van der Waals surface area contributed by atoms with Gasteiger partial charge in [-0.25, -0.2) is 4.79 Å². The molecule has 138 valence electrons. The lowest BCUT2D eigenvalue weighted by molar-refractivity contribution is -0.146. The van der Waals surface area contributed by atoms with Crippen LogP contribution in [0.2, 0.25) is 0 Å². The first-order valence-corrected chi connectivity index (χ1v) is 8.70. The summed E-state index contributed by atoms with van der Waals surface area (Å²) in [5.74, 6) is 1.05. The van der Waals surface area contributed by atoms with E-state index in [9.17, 15) is 4.79 Å². The van der Waals surface area contributed by atoms with Crippen molar-refractivity contribution >= 4 is 16.7 Å². The number of carbonyl (C=O) groups excluding carboxylic acids is 1. The van der Waals surface area contributed by atoms with Gasteiger partial charge in [-0.3, -0.25) is 0 Å². The van der Waals surface area contributed by atoms with Crippen LogP contribution in [0.1, 0.15) is 18.6 Å². The van der Waals surface area contributed by atoms with E-state index in [2.05, 4.69) is 6.58 Å². The summed E-state index contributed by atoms with van der Waals surface area (Å²) in [4.78, 5) is 12.0. The van der Waals surface area contributed by atoms with Gasteiger partial charge in [0.25, 0.3) is 0 Å². The minimum absolute atomic E-state index is 0.194. The van der Waals surface area contributed by atoms with Gasteiger partial charge in [-0.1, -0.05) is 61.2 Å². The summed E-state index contributed by atoms with van der Waals surface area (Å²) in [5, 5.41) is 1.91. The third-order valence-corrected chi connectivity index (χ3v) is 4.22. The molecule has 0 fully saturated rings. The van der Waals surface area contributed by atoms with Crippen LogP contribution in [0.25, 0.3) is 10.8 Å². The van der Waals surface area contributed by atoms with Gasteiger partial charge in [-0.05, 0) is 24.6 Å². The van der Waals surface area contributed by atoms with Gasteiger partial charge < -0.3 is 14.2 Å². The third-order valence-electron chi connectivity index (χ3n) is 4.22. The molecular formula is C23H22O4. The predicted molar refractivity (Wildman–Crippen MR) is 106 cm³/mol. The molecule has 0 saturated carbocycles. The van der Waals surface area contributed by atoms with Crippen molar-refractivity contribution < 1.29 is 19.0 Å². The van der Waals surface area contributed by atoms with E-state index in [0.29, 0.717) is 11.3 Å². The zero-order chi connectivity index (χ0) is 19.2. The van der Waals surface area contributed by atoms with Crippen LogP contribution in [0.5, 0.6) is 11.5 Å². The molecule has 1 atom stereocenters. The molecule has 0 saturated heterocycles. The van der Waals surface area contributed by atoms with Crippen molar-refractivity contribution in [1.82, 2.24) is 0 Å². The number of ether oxygens (including phenoxy) is 3. The summed E-state index contributed by atoms with van der Waals surface area (Å²) < 4.78 is 17.1. The third kappa shape index (κ3) is 4.29. The van der Waals surface area contributed by atoms with Gasteiger partial charge in [-0.15, -0.1) is 0 Å². The molecule has 0 N–H and O–H groups in total. The van der Waals surface area contributed by atoms with Crippen molar-refractivity contribution in [2.75, 3.05) is 13.7 Å². The van der Waals surface area contributed by atoms with Crippen LogP contribution in [0, 0.1) is 0 Å². The zero-order valence-electron chi connectivity index (χ0n) is 15.5. The fourth-order valence-electron chi connectivity index (χ4n) is 2.81. The molecule has 0 aliphatic heterocycles. The van der Waals surface area contributed by atoms with Gasteiger partial charge in [-0.2, -0.15) is 0 Å². The van der Waals surface area contributed by atoms with Crippen molar-refractivity contribution in [3.05, 3.63) is 84.4 Å². The lowest BCUT2D eigenvalue weighted by Gasteiger charge is -2.20. The van der Waals surface area contributed by atoms with E-state index in [1.54, 1.807) is 14.0 Å². The highest BCUT2D eigenvalue weighted by Crippen LogP contribution is 2.33. The number of benzene rings is 3.